The lowest BCUT2D eigenvalue weighted by Gasteiger charge is -2.33. The minimum atomic E-state index is -0.535. The van der Waals surface area contributed by atoms with Gasteiger partial charge in [-0.05, 0) is 92.8 Å². The Morgan fingerprint density at radius 3 is 2.22 bits per heavy atom. The van der Waals surface area contributed by atoms with Crippen LogP contribution in [0.15, 0.2) is 72.8 Å². The van der Waals surface area contributed by atoms with Crippen LogP contribution < -0.4 is 10.1 Å². The summed E-state index contributed by atoms with van der Waals surface area (Å²) in [5, 5.41) is 4.88. The van der Waals surface area contributed by atoms with Crippen molar-refractivity contribution in [3.63, 3.8) is 0 Å². The zero-order valence-corrected chi connectivity index (χ0v) is 24.7. The minimum Gasteiger partial charge on any atom is -0.497 e. The molecule has 1 N–H and O–H groups in total. The van der Waals surface area contributed by atoms with E-state index in [1.165, 1.54) is 0 Å². The largest absolute Gasteiger partial charge is 0.497 e. The Kier molecular flexibility index (Phi) is 8.27. The number of amides is 2. The molecule has 2 amide bonds. The number of hydrogen-bond acceptors (Lipinski definition) is 4. The number of methoxy groups -OCH3 is 1. The number of aromatic nitrogens is 1. The summed E-state index contributed by atoms with van der Waals surface area (Å²) in [4.78, 5) is 27.9. The van der Waals surface area contributed by atoms with Gasteiger partial charge in [0.2, 0.25) is 0 Å². The average Bonchev–Trinajstić information content (AvgIpc) is 3.31. The quantitative estimate of drug-likeness (QED) is 0.266. The van der Waals surface area contributed by atoms with Gasteiger partial charge in [0, 0.05) is 41.6 Å². The Morgan fingerprint density at radius 2 is 1.59 bits per heavy atom. The fourth-order valence-electron chi connectivity index (χ4n) is 5.16. The third kappa shape index (κ3) is 6.85. The van der Waals surface area contributed by atoms with Crippen molar-refractivity contribution >= 4 is 34.5 Å². The Hall–Kier alpha value is -3.97. The lowest BCUT2D eigenvalue weighted by molar-refractivity contribution is 0.0199. The molecule has 0 aliphatic carbocycles. The Labute approximate surface area is 246 Å². The zero-order chi connectivity index (χ0) is 29.1. The molecule has 5 rings (SSSR count). The van der Waals surface area contributed by atoms with Crippen molar-refractivity contribution in [1.29, 1.82) is 0 Å². The van der Waals surface area contributed by atoms with Gasteiger partial charge in [-0.25, -0.2) is 4.79 Å². The van der Waals surface area contributed by atoms with Gasteiger partial charge in [0.15, 0.2) is 0 Å². The van der Waals surface area contributed by atoms with E-state index in [2.05, 4.69) is 28.1 Å². The van der Waals surface area contributed by atoms with Crippen LogP contribution in [0, 0.1) is 0 Å². The fraction of sp³-hybridized carbons (Fsp3) is 0.333. The van der Waals surface area contributed by atoms with E-state index in [1.807, 2.05) is 75.4 Å². The summed E-state index contributed by atoms with van der Waals surface area (Å²) in [7, 11) is 1.65. The number of nitrogens with one attached hydrogen (secondary N) is 1. The molecule has 8 heteroatoms. The van der Waals surface area contributed by atoms with Crippen molar-refractivity contribution < 1.29 is 19.1 Å². The maximum absolute atomic E-state index is 13.7. The smallest absolute Gasteiger partial charge is 0.410 e. The molecule has 4 aromatic rings. The number of nitrogens with zero attached hydrogens (tertiary/aromatic N) is 2. The lowest BCUT2D eigenvalue weighted by atomic mass is 10.0. The van der Waals surface area contributed by atoms with Crippen LogP contribution in [0.25, 0.3) is 22.0 Å². The molecule has 0 bridgehead atoms. The third-order valence-electron chi connectivity index (χ3n) is 7.29. The van der Waals surface area contributed by atoms with Crippen LogP contribution in [-0.4, -0.2) is 53.3 Å². The Morgan fingerprint density at radius 1 is 0.927 bits per heavy atom. The molecule has 2 heterocycles. The van der Waals surface area contributed by atoms with Crippen molar-refractivity contribution in [2.24, 2.45) is 0 Å². The first-order valence-corrected chi connectivity index (χ1v) is 14.3. The molecule has 1 aliphatic rings. The number of carbonyl (C=O) groups is 2. The Balaban J connectivity index is 1.39. The maximum atomic E-state index is 13.7. The molecule has 0 spiro atoms. The molecule has 1 fully saturated rings. The molecule has 41 heavy (non-hydrogen) atoms. The predicted molar refractivity (Wildman–Crippen MR) is 163 cm³/mol. The van der Waals surface area contributed by atoms with Crippen LogP contribution in [0.4, 0.5) is 4.79 Å². The van der Waals surface area contributed by atoms with E-state index in [1.54, 1.807) is 12.0 Å². The molecule has 7 nitrogen and oxygen atoms in total. The van der Waals surface area contributed by atoms with Crippen molar-refractivity contribution in [2.75, 3.05) is 20.2 Å². The van der Waals surface area contributed by atoms with Crippen molar-refractivity contribution in [1.82, 2.24) is 14.8 Å². The maximum Gasteiger partial charge on any atom is 0.410 e. The normalized spacial score (nSPS) is 14.2. The molecule has 1 aromatic heterocycles. The summed E-state index contributed by atoms with van der Waals surface area (Å²) in [6.45, 7) is 7.20. The molecule has 0 saturated carbocycles. The number of hydrogen-bond donors (Lipinski definition) is 1. The monoisotopic (exact) mass is 573 g/mol. The van der Waals surface area contributed by atoms with Gasteiger partial charge >= 0.3 is 6.09 Å². The van der Waals surface area contributed by atoms with E-state index in [0.717, 1.165) is 33.3 Å². The number of ether oxygens (including phenoxy) is 2. The number of likely N-dealkylation sites (tertiary alicyclic amines) is 1. The predicted octanol–water partition coefficient (Wildman–Crippen LogP) is 7.15. The van der Waals surface area contributed by atoms with Gasteiger partial charge in [-0.15, -0.1) is 0 Å². The van der Waals surface area contributed by atoms with Gasteiger partial charge in [0.25, 0.3) is 5.91 Å². The summed E-state index contributed by atoms with van der Waals surface area (Å²) in [5.74, 6) is 0.678. The SMILES string of the molecule is COc1ccc(-c2ccc3c(c2)cc(C(=O)NC2CCN(C(=O)OC(C)(C)C)CC2)n3Cc2ccc(Cl)cc2)cc1. The van der Waals surface area contributed by atoms with Gasteiger partial charge < -0.3 is 24.3 Å². The summed E-state index contributed by atoms with van der Waals surface area (Å²) >= 11 is 6.12. The first kappa shape index (κ1) is 28.6. The number of carbonyl (C=O) groups excluding carboxylic acids is 2. The summed E-state index contributed by atoms with van der Waals surface area (Å²) in [6.07, 6.45) is 1.03. The standard InChI is InChI=1S/C33H36ClN3O4/c1-33(2,3)41-32(39)36-17-15-27(16-18-36)35-31(38)30-20-25-19-24(23-7-12-28(40-4)13-8-23)9-14-29(25)37(30)21-22-5-10-26(34)11-6-22/h5-14,19-20,27H,15-18,21H2,1-4H3,(H,35,38). The van der Waals surface area contributed by atoms with E-state index in [0.29, 0.717) is 43.2 Å². The highest BCUT2D eigenvalue weighted by Gasteiger charge is 2.28. The second-order valence-electron chi connectivity index (χ2n) is 11.5. The molecule has 1 aliphatic heterocycles. The van der Waals surface area contributed by atoms with Crippen LogP contribution in [0.3, 0.4) is 0 Å². The number of fused-ring (bicyclic) bond motifs is 1. The van der Waals surface area contributed by atoms with E-state index in [4.69, 9.17) is 21.1 Å². The van der Waals surface area contributed by atoms with Crippen LogP contribution >= 0.6 is 11.6 Å². The summed E-state index contributed by atoms with van der Waals surface area (Å²) in [5.41, 5.74) is 4.21. The van der Waals surface area contributed by atoms with Gasteiger partial charge in [-0.3, -0.25) is 4.79 Å². The van der Waals surface area contributed by atoms with E-state index in [9.17, 15) is 9.59 Å². The van der Waals surface area contributed by atoms with Gasteiger partial charge in [0.05, 0.1) is 7.11 Å². The van der Waals surface area contributed by atoms with Crippen LogP contribution in [0.5, 0.6) is 5.75 Å². The molecule has 0 unspecified atom stereocenters. The topological polar surface area (TPSA) is 72.8 Å². The highest BCUT2D eigenvalue weighted by atomic mass is 35.5. The first-order chi connectivity index (χ1) is 19.6. The lowest BCUT2D eigenvalue weighted by Crippen LogP contribution is -2.48. The van der Waals surface area contributed by atoms with E-state index < -0.39 is 5.60 Å². The number of rotatable bonds is 6. The number of halogens is 1. The molecule has 1 saturated heterocycles. The van der Waals surface area contributed by atoms with E-state index >= 15 is 0 Å². The third-order valence-corrected chi connectivity index (χ3v) is 7.55. The molecular formula is C33H36ClN3O4. The molecule has 0 radical (unpaired) electrons. The zero-order valence-electron chi connectivity index (χ0n) is 23.9. The highest BCUT2D eigenvalue weighted by molar-refractivity contribution is 6.30. The molecule has 3 aromatic carbocycles. The van der Waals surface area contributed by atoms with Crippen molar-refractivity contribution in [3.05, 3.63) is 89.1 Å². The summed E-state index contributed by atoms with van der Waals surface area (Å²) in [6, 6.07) is 23.8. The summed E-state index contributed by atoms with van der Waals surface area (Å²) < 4.78 is 12.9. The minimum absolute atomic E-state index is 0.0296. The van der Waals surface area contributed by atoms with Crippen LogP contribution in [-0.2, 0) is 11.3 Å². The Bertz CT molecular complexity index is 1530. The second-order valence-corrected chi connectivity index (χ2v) is 11.9. The average molecular weight is 574 g/mol. The molecule has 0 atom stereocenters. The van der Waals surface area contributed by atoms with Crippen LogP contribution in [0.1, 0.15) is 49.7 Å². The van der Waals surface area contributed by atoms with Gasteiger partial charge in [0.1, 0.15) is 17.0 Å². The van der Waals surface area contributed by atoms with Gasteiger partial charge in [-0.2, -0.15) is 0 Å². The molecule has 214 valence electrons. The highest BCUT2D eigenvalue weighted by Crippen LogP contribution is 2.29. The van der Waals surface area contributed by atoms with Gasteiger partial charge in [-0.1, -0.05) is 41.9 Å². The first-order valence-electron chi connectivity index (χ1n) is 13.9. The number of piperidine rings is 1. The van der Waals surface area contributed by atoms with E-state index in [-0.39, 0.29) is 18.0 Å². The van der Waals surface area contributed by atoms with Crippen molar-refractivity contribution in [3.8, 4) is 16.9 Å². The fourth-order valence-corrected chi connectivity index (χ4v) is 5.28. The van der Waals surface area contributed by atoms with Crippen LogP contribution in [0.2, 0.25) is 5.02 Å². The second kappa shape index (κ2) is 11.9. The molecular weight excluding hydrogens is 538 g/mol. The van der Waals surface area contributed by atoms with Crippen molar-refractivity contribution in [2.45, 2.75) is 51.8 Å². The number of benzene rings is 3.